The molecule has 0 spiro atoms. The number of halogens is 4. The third kappa shape index (κ3) is 3.17. The molecule has 0 aliphatic carbocycles. The van der Waals surface area contributed by atoms with Gasteiger partial charge in [0, 0.05) is 31.0 Å². The minimum Gasteiger partial charge on any atom is -0.355 e. The van der Waals surface area contributed by atoms with Crippen molar-refractivity contribution >= 4 is 17.4 Å². The van der Waals surface area contributed by atoms with Gasteiger partial charge >= 0.3 is 6.18 Å². The lowest BCUT2D eigenvalue weighted by molar-refractivity contribution is -0.168. The Kier molecular flexibility index (Phi) is 4.01. The summed E-state index contributed by atoms with van der Waals surface area (Å²) < 4.78 is 38.5. The second-order valence-electron chi connectivity index (χ2n) is 5.26. The summed E-state index contributed by atoms with van der Waals surface area (Å²) in [4.78, 5) is 24.0. The molecule has 1 saturated heterocycles. The molecular formula is C14H12ClF3N4O. The van der Waals surface area contributed by atoms with Crippen LogP contribution in [0, 0.1) is 5.92 Å². The number of rotatable bonds is 2. The Morgan fingerprint density at radius 3 is 2.61 bits per heavy atom. The Labute approximate surface area is 134 Å². The molecule has 122 valence electrons. The molecule has 1 fully saturated rings. The molecule has 0 saturated carbocycles. The average molecular weight is 345 g/mol. The van der Waals surface area contributed by atoms with E-state index in [2.05, 4.69) is 15.0 Å². The molecule has 3 rings (SSSR count). The highest BCUT2D eigenvalue weighted by molar-refractivity contribution is 6.32. The largest absolute Gasteiger partial charge is 0.393 e. The third-order valence-electron chi connectivity index (χ3n) is 3.75. The predicted octanol–water partition coefficient (Wildman–Crippen LogP) is 2.87. The molecule has 3 heterocycles. The summed E-state index contributed by atoms with van der Waals surface area (Å²) in [5.41, 5.74) is 0.0144. The van der Waals surface area contributed by atoms with Gasteiger partial charge in [0.05, 0.1) is 5.92 Å². The quantitative estimate of drug-likeness (QED) is 0.910. The van der Waals surface area contributed by atoms with Gasteiger partial charge in [-0.15, -0.1) is 0 Å². The Bertz CT molecular complexity index is 763. The van der Waals surface area contributed by atoms with Gasteiger partial charge in [0.25, 0.3) is 5.56 Å². The molecule has 0 radical (unpaired) electrons. The highest BCUT2D eigenvalue weighted by atomic mass is 35.5. The molecule has 0 aromatic carbocycles. The fourth-order valence-corrected chi connectivity index (χ4v) is 2.73. The molecule has 1 atom stereocenters. The molecule has 5 nitrogen and oxygen atoms in total. The van der Waals surface area contributed by atoms with Crippen LogP contribution < -0.4 is 10.5 Å². The van der Waals surface area contributed by atoms with Crippen LogP contribution in [0.3, 0.4) is 0 Å². The van der Waals surface area contributed by atoms with E-state index in [1.165, 1.54) is 17.3 Å². The van der Waals surface area contributed by atoms with E-state index in [0.29, 0.717) is 5.56 Å². The van der Waals surface area contributed by atoms with Gasteiger partial charge in [-0.1, -0.05) is 11.6 Å². The van der Waals surface area contributed by atoms with Crippen LogP contribution in [-0.4, -0.2) is 34.2 Å². The number of aromatic amines is 1. The summed E-state index contributed by atoms with van der Waals surface area (Å²) in [6, 6.07) is 3.27. The van der Waals surface area contributed by atoms with Crippen molar-refractivity contribution in [2.75, 3.05) is 18.0 Å². The van der Waals surface area contributed by atoms with Gasteiger partial charge in [0.1, 0.15) is 10.8 Å². The first-order valence-corrected chi connectivity index (χ1v) is 7.26. The van der Waals surface area contributed by atoms with Gasteiger partial charge in [0.2, 0.25) is 0 Å². The predicted molar refractivity (Wildman–Crippen MR) is 79.5 cm³/mol. The van der Waals surface area contributed by atoms with E-state index in [1.807, 2.05) is 0 Å². The molecule has 0 bridgehead atoms. The van der Waals surface area contributed by atoms with Crippen LogP contribution in [0.2, 0.25) is 5.02 Å². The van der Waals surface area contributed by atoms with Gasteiger partial charge in [-0.3, -0.25) is 9.78 Å². The van der Waals surface area contributed by atoms with E-state index in [-0.39, 0.29) is 36.2 Å². The summed E-state index contributed by atoms with van der Waals surface area (Å²) in [7, 11) is 0. The molecule has 23 heavy (non-hydrogen) atoms. The summed E-state index contributed by atoms with van der Waals surface area (Å²) in [6.07, 6.45) is -1.26. The van der Waals surface area contributed by atoms with Crippen molar-refractivity contribution in [2.45, 2.75) is 12.6 Å². The minimum absolute atomic E-state index is 0.0428. The van der Waals surface area contributed by atoms with Crippen LogP contribution in [0.15, 0.2) is 29.3 Å². The number of pyridine rings is 1. The van der Waals surface area contributed by atoms with Crippen LogP contribution in [0.25, 0.3) is 11.4 Å². The third-order valence-corrected chi connectivity index (χ3v) is 4.09. The fourth-order valence-electron chi connectivity index (χ4n) is 2.52. The second kappa shape index (κ2) is 5.84. The van der Waals surface area contributed by atoms with Crippen LogP contribution in [0.4, 0.5) is 19.0 Å². The Morgan fingerprint density at radius 2 is 2.00 bits per heavy atom. The van der Waals surface area contributed by atoms with Crippen LogP contribution >= 0.6 is 11.6 Å². The number of alkyl halides is 3. The van der Waals surface area contributed by atoms with E-state index in [0.717, 1.165) is 0 Å². The molecule has 2 aromatic rings. The molecular weight excluding hydrogens is 333 g/mol. The number of nitrogens with one attached hydrogen (secondary N) is 1. The van der Waals surface area contributed by atoms with Gasteiger partial charge in [-0.25, -0.2) is 4.98 Å². The molecule has 1 N–H and O–H groups in total. The standard InChI is InChI=1S/C14H12ClF3N4O/c15-10-12(22-6-3-9(7-22)14(16,17)18)20-11(21-13(10)23)8-1-4-19-5-2-8/h1-2,4-5,9H,3,6-7H2,(H,20,21,23). The SMILES string of the molecule is O=c1[nH]c(-c2ccncc2)nc(N2CCC(C(F)(F)F)C2)c1Cl. The maximum absolute atomic E-state index is 12.8. The van der Waals surface area contributed by atoms with Crippen molar-refractivity contribution in [1.82, 2.24) is 15.0 Å². The molecule has 9 heteroatoms. The van der Waals surface area contributed by atoms with Crippen molar-refractivity contribution < 1.29 is 13.2 Å². The highest BCUT2D eigenvalue weighted by Gasteiger charge is 2.44. The van der Waals surface area contributed by atoms with E-state index >= 15 is 0 Å². The van der Waals surface area contributed by atoms with E-state index in [4.69, 9.17) is 11.6 Å². The van der Waals surface area contributed by atoms with Crippen molar-refractivity contribution in [3.8, 4) is 11.4 Å². The van der Waals surface area contributed by atoms with E-state index < -0.39 is 17.7 Å². The first-order valence-electron chi connectivity index (χ1n) is 6.88. The first-order chi connectivity index (χ1) is 10.9. The Balaban J connectivity index is 1.97. The second-order valence-corrected chi connectivity index (χ2v) is 5.64. The Hall–Kier alpha value is -2.09. The number of hydrogen-bond donors (Lipinski definition) is 1. The van der Waals surface area contributed by atoms with Gasteiger partial charge in [-0.05, 0) is 18.6 Å². The maximum Gasteiger partial charge on any atom is 0.393 e. The molecule has 2 aromatic heterocycles. The van der Waals surface area contributed by atoms with Crippen LogP contribution in [0.1, 0.15) is 6.42 Å². The lowest BCUT2D eigenvalue weighted by Gasteiger charge is -2.20. The molecule has 1 aliphatic rings. The number of hydrogen-bond acceptors (Lipinski definition) is 4. The Morgan fingerprint density at radius 1 is 1.30 bits per heavy atom. The fraction of sp³-hybridized carbons (Fsp3) is 0.357. The van der Waals surface area contributed by atoms with Crippen LogP contribution in [-0.2, 0) is 0 Å². The first kappa shape index (κ1) is 15.8. The van der Waals surface area contributed by atoms with Crippen molar-refractivity contribution in [3.63, 3.8) is 0 Å². The topological polar surface area (TPSA) is 61.9 Å². The molecule has 1 unspecified atom stereocenters. The normalized spacial score (nSPS) is 18.4. The van der Waals surface area contributed by atoms with Crippen molar-refractivity contribution in [3.05, 3.63) is 39.9 Å². The van der Waals surface area contributed by atoms with E-state index in [1.54, 1.807) is 12.1 Å². The monoisotopic (exact) mass is 344 g/mol. The molecule has 0 amide bonds. The maximum atomic E-state index is 12.8. The van der Waals surface area contributed by atoms with Crippen molar-refractivity contribution in [2.24, 2.45) is 5.92 Å². The number of nitrogens with zero attached hydrogens (tertiary/aromatic N) is 3. The average Bonchev–Trinajstić information content (AvgIpc) is 3.00. The minimum atomic E-state index is -4.27. The highest BCUT2D eigenvalue weighted by Crippen LogP contribution is 2.36. The lowest BCUT2D eigenvalue weighted by Crippen LogP contribution is -2.29. The number of H-pyrrole nitrogens is 1. The van der Waals surface area contributed by atoms with Crippen molar-refractivity contribution in [1.29, 1.82) is 0 Å². The number of aromatic nitrogens is 3. The summed E-state index contributed by atoms with van der Waals surface area (Å²) in [5, 5.41) is -0.203. The van der Waals surface area contributed by atoms with Gasteiger partial charge in [0.15, 0.2) is 5.82 Å². The summed E-state index contributed by atoms with van der Waals surface area (Å²) in [6.45, 7) is -0.106. The zero-order valence-corrected chi connectivity index (χ0v) is 12.5. The number of anilines is 1. The zero-order chi connectivity index (χ0) is 16.6. The summed E-state index contributed by atoms with van der Waals surface area (Å²) >= 11 is 5.95. The van der Waals surface area contributed by atoms with Crippen LogP contribution in [0.5, 0.6) is 0 Å². The lowest BCUT2D eigenvalue weighted by atomic mass is 10.1. The smallest absolute Gasteiger partial charge is 0.355 e. The molecule has 1 aliphatic heterocycles. The van der Waals surface area contributed by atoms with Gasteiger partial charge in [-0.2, -0.15) is 13.2 Å². The summed E-state index contributed by atoms with van der Waals surface area (Å²) in [5.74, 6) is -1.12. The zero-order valence-electron chi connectivity index (χ0n) is 11.8. The van der Waals surface area contributed by atoms with E-state index in [9.17, 15) is 18.0 Å². The van der Waals surface area contributed by atoms with Gasteiger partial charge < -0.3 is 9.88 Å².